The monoisotopic (exact) mass is 332 g/mol. The highest BCUT2D eigenvalue weighted by Gasteiger charge is 2.22. The summed E-state index contributed by atoms with van der Waals surface area (Å²) in [7, 11) is -4.24. The Morgan fingerprint density at radius 1 is 1.19 bits per heavy atom. The largest absolute Gasteiger partial charge is 0.399 e. The van der Waals surface area contributed by atoms with Crippen LogP contribution in [-0.4, -0.2) is 8.42 Å². The Bertz CT molecular complexity index is 810. The Labute approximate surface area is 125 Å². The number of halogens is 3. The molecule has 0 heterocycles. The summed E-state index contributed by atoms with van der Waals surface area (Å²) >= 11 is 5.74. The van der Waals surface area contributed by atoms with E-state index >= 15 is 0 Å². The molecule has 0 aromatic heterocycles. The van der Waals surface area contributed by atoms with E-state index in [0.29, 0.717) is 0 Å². The summed E-state index contributed by atoms with van der Waals surface area (Å²) in [6, 6.07) is 5.44. The van der Waals surface area contributed by atoms with E-state index in [9.17, 15) is 17.2 Å². The molecule has 0 saturated carbocycles. The van der Waals surface area contributed by atoms with Crippen LogP contribution < -0.4 is 10.5 Å². The number of hydrogen-bond acceptors (Lipinski definition) is 3. The van der Waals surface area contributed by atoms with Crippen LogP contribution in [0.2, 0.25) is 5.02 Å². The fourth-order valence-electron chi connectivity index (χ4n) is 1.73. The molecule has 2 aromatic carbocycles. The smallest absolute Gasteiger partial charge is 0.264 e. The van der Waals surface area contributed by atoms with Crippen molar-refractivity contribution in [1.29, 1.82) is 0 Å². The third kappa shape index (κ3) is 3.25. The maximum Gasteiger partial charge on any atom is 0.264 e. The van der Waals surface area contributed by atoms with Gasteiger partial charge in [0.15, 0.2) is 0 Å². The topological polar surface area (TPSA) is 72.2 Å². The zero-order valence-electron chi connectivity index (χ0n) is 10.8. The van der Waals surface area contributed by atoms with Crippen LogP contribution >= 0.6 is 11.6 Å². The van der Waals surface area contributed by atoms with Gasteiger partial charge < -0.3 is 5.73 Å². The van der Waals surface area contributed by atoms with Gasteiger partial charge in [-0.3, -0.25) is 4.72 Å². The molecule has 0 aliphatic rings. The summed E-state index contributed by atoms with van der Waals surface area (Å²) in [6.45, 7) is 1.40. The first-order valence-electron chi connectivity index (χ1n) is 5.74. The van der Waals surface area contributed by atoms with Crippen molar-refractivity contribution in [3.8, 4) is 0 Å². The molecule has 8 heteroatoms. The molecular weight excluding hydrogens is 322 g/mol. The molecule has 3 N–H and O–H groups in total. The number of nitrogens with one attached hydrogen (secondary N) is 1. The van der Waals surface area contributed by atoms with Crippen LogP contribution in [-0.2, 0) is 10.0 Å². The van der Waals surface area contributed by atoms with Crippen LogP contribution in [0.15, 0.2) is 35.2 Å². The molecule has 0 spiro atoms. The Hall–Kier alpha value is -1.86. The minimum Gasteiger partial charge on any atom is -0.399 e. The number of hydrogen-bond donors (Lipinski definition) is 2. The number of nitrogen functional groups attached to an aromatic ring is 1. The van der Waals surface area contributed by atoms with Crippen molar-refractivity contribution < 1.29 is 17.2 Å². The molecule has 2 aromatic rings. The molecule has 2 rings (SSSR count). The first-order chi connectivity index (χ1) is 9.70. The van der Waals surface area contributed by atoms with E-state index in [-0.39, 0.29) is 22.0 Å². The lowest BCUT2D eigenvalue weighted by atomic mass is 10.2. The molecule has 0 bridgehead atoms. The molecule has 0 saturated heterocycles. The van der Waals surface area contributed by atoms with Crippen LogP contribution in [0.5, 0.6) is 0 Å². The normalized spacial score (nSPS) is 11.4. The first kappa shape index (κ1) is 15.5. The fraction of sp³-hybridized carbons (Fsp3) is 0.0769. The SMILES string of the molecule is Cc1cc(N)cc(S(=O)(=O)Nc2ccc(F)cc2Cl)c1F. The Kier molecular flexibility index (Phi) is 4.06. The van der Waals surface area contributed by atoms with Gasteiger partial charge in [-0.15, -0.1) is 0 Å². The molecule has 21 heavy (non-hydrogen) atoms. The van der Waals surface area contributed by atoms with Crippen LogP contribution in [0, 0.1) is 18.6 Å². The lowest BCUT2D eigenvalue weighted by Crippen LogP contribution is -2.16. The lowest BCUT2D eigenvalue weighted by Gasteiger charge is -2.12. The van der Waals surface area contributed by atoms with E-state index in [1.807, 2.05) is 0 Å². The van der Waals surface area contributed by atoms with E-state index in [1.165, 1.54) is 13.0 Å². The number of rotatable bonds is 3. The number of aryl methyl sites for hydroxylation is 1. The molecule has 112 valence electrons. The van der Waals surface area contributed by atoms with Crippen molar-refractivity contribution in [3.63, 3.8) is 0 Å². The summed E-state index contributed by atoms with van der Waals surface area (Å²) in [5.74, 6) is -1.52. The number of benzene rings is 2. The summed E-state index contributed by atoms with van der Waals surface area (Å²) in [5.41, 5.74) is 5.68. The zero-order valence-corrected chi connectivity index (χ0v) is 12.4. The molecule has 0 fully saturated rings. The van der Waals surface area contributed by atoms with Crippen LogP contribution in [0.4, 0.5) is 20.2 Å². The van der Waals surface area contributed by atoms with Crippen LogP contribution in [0.1, 0.15) is 5.56 Å². The van der Waals surface area contributed by atoms with E-state index < -0.39 is 26.6 Å². The predicted molar refractivity (Wildman–Crippen MR) is 77.8 cm³/mol. The van der Waals surface area contributed by atoms with Gasteiger partial charge in [0, 0.05) is 5.69 Å². The van der Waals surface area contributed by atoms with Crippen molar-refractivity contribution in [1.82, 2.24) is 0 Å². The van der Waals surface area contributed by atoms with Gasteiger partial charge >= 0.3 is 0 Å². The molecule has 4 nitrogen and oxygen atoms in total. The minimum absolute atomic E-state index is 0.0578. The molecular formula is C13H11ClF2N2O2S. The van der Waals surface area contributed by atoms with Gasteiger partial charge in [-0.2, -0.15) is 0 Å². The molecule has 0 amide bonds. The van der Waals surface area contributed by atoms with Crippen molar-refractivity contribution in [2.75, 3.05) is 10.5 Å². The second-order valence-electron chi connectivity index (χ2n) is 4.38. The van der Waals surface area contributed by atoms with Gasteiger partial charge in [0.1, 0.15) is 16.5 Å². The van der Waals surface area contributed by atoms with Crippen LogP contribution in [0.25, 0.3) is 0 Å². The van der Waals surface area contributed by atoms with Gasteiger partial charge in [0.25, 0.3) is 10.0 Å². The maximum absolute atomic E-state index is 14.0. The van der Waals surface area contributed by atoms with Crippen molar-refractivity contribution in [3.05, 3.63) is 52.6 Å². The van der Waals surface area contributed by atoms with Gasteiger partial charge in [-0.1, -0.05) is 11.6 Å². The highest BCUT2D eigenvalue weighted by molar-refractivity contribution is 7.92. The summed E-state index contributed by atoms with van der Waals surface area (Å²) in [6.07, 6.45) is 0. The lowest BCUT2D eigenvalue weighted by molar-refractivity contribution is 0.565. The average molecular weight is 333 g/mol. The fourth-order valence-corrected chi connectivity index (χ4v) is 3.27. The van der Waals surface area contributed by atoms with E-state index in [4.69, 9.17) is 17.3 Å². The van der Waals surface area contributed by atoms with Crippen molar-refractivity contribution in [2.24, 2.45) is 0 Å². The summed E-state index contributed by atoms with van der Waals surface area (Å²) in [4.78, 5) is -0.597. The molecule has 0 unspecified atom stereocenters. The molecule has 0 atom stereocenters. The third-order valence-electron chi connectivity index (χ3n) is 2.71. The van der Waals surface area contributed by atoms with Crippen molar-refractivity contribution >= 4 is 33.0 Å². The first-order valence-corrected chi connectivity index (χ1v) is 7.60. The zero-order chi connectivity index (χ0) is 15.8. The predicted octanol–water partition coefficient (Wildman–Crippen LogP) is 3.31. The second kappa shape index (κ2) is 5.50. The van der Waals surface area contributed by atoms with Gasteiger partial charge in [-0.05, 0) is 42.8 Å². The quantitative estimate of drug-likeness (QED) is 0.847. The summed E-state index contributed by atoms with van der Waals surface area (Å²) < 4.78 is 53.4. The number of nitrogens with two attached hydrogens (primary N) is 1. The van der Waals surface area contributed by atoms with Gasteiger partial charge in [0.2, 0.25) is 0 Å². The Morgan fingerprint density at radius 3 is 2.48 bits per heavy atom. The highest BCUT2D eigenvalue weighted by atomic mass is 35.5. The van der Waals surface area contributed by atoms with Gasteiger partial charge in [-0.25, -0.2) is 17.2 Å². The average Bonchev–Trinajstić information content (AvgIpc) is 2.37. The Balaban J connectivity index is 2.48. The Morgan fingerprint density at radius 2 is 1.86 bits per heavy atom. The van der Waals surface area contributed by atoms with Gasteiger partial charge in [0.05, 0.1) is 10.7 Å². The molecule has 0 radical (unpaired) electrons. The van der Waals surface area contributed by atoms with E-state index in [0.717, 1.165) is 24.3 Å². The van der Waals surface area contributed by atoms with E-state index in [1.54, 1.807) is 0 Å². The number of anilines is 2. The van der Waals surface area contributed by atoms with E-state index in [2.05, 4.69) is 4.72 Å². The van der Waals surface area contributed by atoms with Crippen molar-refractivity contribution in [2.45, 2.75) is 11.8 Å². The van der Waals surface area contributed by atoms with Crippen LogP contribution in [0.3, 0.4) is 0 Å². The summed E-state index contributed by atoms with van der Waals surface area (Å²) in [5, 5.41) is -0.139. The second-order valence-corrected chi connectivity index (χ2v) is 6.44. The molecule has 0 aliphatic carbocycles. The standard InChI is InChI=1S/C13H11ClF2N2O2S/c1-7-4-9(17)6-12(13(7)16)21(19,20)18-11-3-2-8(15)5-10(11)14/h2-6,18H,17H2,1H3. The third-order valence-corrected chi connectivity index (χ3v) is 4.39. The minimum atomic E-state index is -4.24. The number of sulfonamides is 1. The molecule has 0 aliphatic heterocycles. The maximum atomic E-state index is 14.0. The highest BCUT2D eigenvalue weighted by Crippen LogP contribution is 2.28.